The fourth-order valence-electron chi connectivity index (χ4n) is 3.12. The number of nitrogens with one attached hydrogen (secondary N) is 1. The van der Waals surface area contributed by atoms with Crippen molar-refractivity contribution in [2.45, 2.75) is 19.3 Å². The van der Waals surface area contributed by atoms with Gasteiger partial charge in [-0.15, -0.1) is 0 Å². The second-order valence-corrected chi connectivity index (χ2v) is 6.26. The molecule has 0 aliphatic carbocycles. The number of nitrogens with zero attached hydrogens (tertiary/aromatic N) is 1. The van der Waals surface area contributed by atoms with Crippen LogP contribution in [0.1, 0.15) is 19.3 Å². The van der Waals surface area contributed by atoms with Crippen LogP contribution in [-0.2, 0) is 4.79 Å². The van der Waals surface area contributed by atoms with E-state index in [1.807, 2.05) is 37.4 Å². The summed E-state index contributed by atoms with van der Waals surface area (Å²) in [6.45, 7) is 2.07. The molecular weight excluding hydrogens is 284 g/mol. The molecule has 0 aromatic heterocycles. The lowest BCUT2D eigenvalue weighted by molar-refractivity contribution is -0.119. The lowest BCUT2D eigenvalue weighted by Gasteiger charge is -2.25. The average molecular weight is 308 g/mol. The molecule has 0 spiro atoms. The first kappa shape index (κ1) is 15.8. The molecule has 0 unspecified atom stereocenters. The first-order valence-corrected chi connectivity index (χ1v) is 8.37. The minimum atomic E-state index is 0.212. The van der Waals surface area contributed by atoms with Gasteiger partial charge in [-0.05, 0) is 55.1 Å². The lowest BCUT2D eigenvalue weighted by atomic mass is 9.94. The van der Waals surface area contributed by atoms with Crippen LogP contribution in [0.15, 0.2) is 54.6 Å². The van der Waals surface area contributed by atoms with E-state index in [1.165, 1.54) is 11.1 Å². The number of anilines is 1. The van der Waals surface area contributed by atoms with E-state index in [4.69, 9.17) is 0 Å². The Morgan fingerprint density at radius 2 is 1.61 bits per heavy atom. The normalized spacial score (nSPS) is 15.3. The third-order valence-electron chi connectivity index (χ3n) is 4.66. The van der Waals surface area contributed by atoms with Crippen molar-refractivity contribution in [1.82, 2.24) is 5.32 Å². The Morgan fingerprint density at radius 1 is 1.00 bits per heavy atom. The zero-order valence-corrected chi connectivity index (χ0v) is 13.7. The Morgan fingerprint density at radius 3 is 2.26 bits per heavy atom. The van der Waals surface area contributed by atoms with Crippen molar-refractivity contribution in [3.63, 3.8) is 0 Å². The predicted molar refractivity (Wildman–Crippen MR) is 95.5 cm³/mol. The first-order chi connectivity index (χ1) is 11.2. The molecule has 0 radical (unpaired) electrons. The highest BCUT2D eigenvalue weighted by atomic mass is 16.2. The van der Waals surface area contributed by atoms with Crippen LogP contribution < -0.4 is 10.2 Å². The van der Waals surface area contributed by atoms with Crippen molar-refractivity contribution >= 4 is 11.6 Å². The highest BCUT2D eigenvalue weighted by Crippen LogP contribution is 2.24. The summed E-state index contributed by atoms with van der Waals surface area (Å²) in [5, 5.41) is 3.35. The molecule has 23 heavy (non-hydrogen) atoms. The molecule has 1 amide bonds. The highest BCUT2D eigenvalue weighted by molar-refractivity contribution is 5.93. The van der Waals surface area contributed by atoms with Gasteiger partial charge in [0.1, 0.15) is 0 Å². The summed E-state index contributed by atoms with van der Waals surface area (Å²) in [7, 11) is 1.88. The van der Waals surface area contributed by atoms with Crippen molar-refractivity contribution < 1.29 is 4.79 Å². The third kappa shape index (κ3) is 3.99. The van der Waals surface area contributed by atoms with Gasteiger partial charge < -0.3 is 10.2 Å². The molecule has 1 fully saturated rings. The van der Waals surface area contributed by atoms with Gasteiger partial charge in [-0.1, -0.05) is 42.5 Å². The molecule has 1 N–H and O–H groups in total. The Hall–Kier alpha value is -2.13. The summed E-state index contributed by atoms with van der Waals surface area (Å²) in [5.41, 5.74) is 3.33. The average Bonchev–Trinajstić information content (AvgIpc) is 2.63. The standard InChI is InChI=1S/C20H24N2O/c1-22(20(23)15-16-11-13-21-14-12-16)19-9-7-18(8-10-19)17-5-3-2-4-6-17/h2-10,16,21H,11-15H2,1H3. The third-order valence-corrected chi connectivity index (χ3v) is 4.66. The highest BCUT2D eigenvalue weighted by Gasteiger charge is 2.19. The van der Waals surface area contributed by atoms with Crippen LogP contribution in [-0.4, -0.2) is 26.0 Å². The molecule has 1 saturated heterocycles. The molecule has 1 heterocycles. The first-order valence-electron chi connectivity index (χ1n) is 8.37. The number of amides is 1. The number of carbonyl (C=O) groups is 1. The molecule has 3 heteroatoms. The Balaban J connectivity index is 1.65. The van der Waals surface area contributed by atoms with Crippen molar-refractivity contribution in [2.24, 2.45) is 5.92 Å². The number of benzene rings is 2. The second-order valence-electron chi connectivity index (χ2n) is 6.26. The van der Waals surface area contributed by atoms with Crippen LogP contribution in [0.25, 0.3) is 11.1 Å². The maximum absolute atomic E-state index is 12.5. The van der Waals surface area contributed by atoms with Gasteiger partial charge >= 0.3 is 0 Å². The number of hydrogen-bond donors (Lipinski definition) is 1. The molecule has 3 rings (SSSR count). The van der Waals surface area contributed by atoms with E-state index in [9.17, 15) is 4.79 Å². The molecule has 120 valence electrons. The van der Waals surface area contributed by atoms with E-state index >= 15 is 0 Å². The minimum absolute atomic E-state index is 0.212. The Kier molecular flexibility index (Phi) is 5.09. The maximum Gasteiger partial charge on any atom is 0.226 e. The minimum Gasteiger partial charge on any atom is -0.317 e. The lowest BCUT2D eigenvalue weighted by Crippen LogP contribution is -2.33. The van der Waals surface area contributed by atoms with Crippen LogP contribution >= 0.6 is 0 Å². The zero-order chi connectivity index (χ0) is 16.1. The van der Waals surface area contributed by atoms with Crippen molar-refractivity contribution in [2.75, 3.05) is 25.0 Å². The van der Waals surface area contributed by atoms with E-state index in [1.54, 1.807) is 4.90 Å². The zero-order valence-electron chi connectivity index (χ0n) is 13.7. The Bertz CT molecular complexity index is 630. The van der Waals surface area contributed by atoms with Crippen LogP contribution in [0.5, 0.6) is 0 Å². The van der Waals surface area contributed by atoms with E-state index in [2.05, 4.69) is 29.6 Å². The number of carbonyl (C=O) groups excluding carboxylic acids is 1. The summed E-state index contributed by atoms with van der Waals surface area (Å²) in [6, 6.07) is 18.5. The molecule has 0 saturated carbocycles. The van der Waals surface area contributed by atoms with Gasteiger partial charge in [-0.2, -0.15) is 0 Å². The van der Waals surface area contributed by atoms with E-state index in [-0.39, 0.29) is 5.91 Å². The molecule has 1 aliphatic rings. The quantitative estimate of drug-likeness (QED) is 0.934. The SMILES string of the molecule is CN(C(=O)CC1CCNCC1)c1ccc(-c2ccccc2)cc1. The van der Waals surface area contributed by atoms with Gasteiger partial charge in [0, 0.05) is 19.2 Å². The molecule has 3 nitrogen and oxygen atoms in total. The van der Waals surface area contributed by atoms with E-state index in [0.717, 1.165) is 31.6 Å². The largest absolute Gasteiger partial charge is 0.317 e. The van der Waals surface area contributed by atoms with Gasteiger partial charge in [0.05, 0.1) is 0 Å². The number of piperidine rings is 1. The fraction of sp³-hybridized carbons (Fsp3) is 0.350. The van der Waals surface area contributed by atoms with Crippen molar-refractivity contribution in [1.29, 1.82) is 0 Å². The van der Waals surface area contributed by atoms with Crippen LogP contribution in [0.3, 0.4) is 0 Å². The summed E-state index contributed by atoms with van der Waals surface area (Å²) in [6.07, 6.45) is 2.86. The van der Waals surface area contributed by atoms with E-state index < -0.39 is 0 Å². The molecule has 2 aromatic rings. The summed E-state index contributed by atoms with van der Waals surface area (Å²) < 4.78 is 0. The predicted octanol–water partition coefficient (Wildman–Crippen LogP) is 3.71. The van der Waals surface area contributed by atoms with Gasteiger partial charge in [0.2, 0.25) is 5.91 Å². The second kappa shape index (κ2) is 7.42. The molecule has 2 aromatic carbocycles. The van der Waals surface area contributed by atoms with Gasteiger partial charge in [-0.25, -0.2) is 0 Å². The molecular formula is C20H24N2O. The van der Waals surface area contributed by atoms with E-state index in [0.29, 0.717) is 12.3 Å². The molecule has 1 aliphatic heterocycles. The molecule has 0 bridgehead atoms. The Labute approximate surface area is 138 Å². The number of rotatable bonds is 4. The van der Waals surface area contributed by atoms with Crippen molar-refractivity contribution in [3.05, 3.63) is 54.6 Å². The smallest absolute Gasteiger partial charge is 0.226 e. The monoisotopic (exact) mass is 308 g/mol. The fourth-order valence-corrected chi connectivity index (χ4v) is 3.12. The van der Waals surface area contributed by atoms with Gasteiger partial charge in [0.25, 0.3) is 0 Å². The van der Waals surface area contributed by atoms with Gasteiger partial charge in [0.15, 0.2) is 0 Å². The summed E-state index contributed by atoms with van der Waals surface area (Å²) in [4.78, 5) is 14.3. The number of hydrogen-bond acceptors (Lipinski definition) is 2. The van der Waals surface area contributed by atoms with Gasteiger partial charge in [-0.3, -0.25) is 4.79 Å². The van der Waals surface area contributed by atoms with Crippen molar-refractivity contribution in [3.8, 4) is 11.1 Å². The van der Waals surface area contributed by atoms with Crippen LogP contribution in [0.4, 0.5) is 5.69 Å². The molecule has 0 atom stereocenters. The van der Waals surface area contributed by atoms with Crippen LogP contribution in [0, 0.1) is 5.92 Å². The maximum atomic E-state index is 12.5. The summed E-state index contributed by atoms with van der Waals surface area (Å²) >= 11 is 0. The van der Waals surface area contributed by atoms with Crippen LogP contribution in [0.2, 0.25) is 0 Å². The summed E-state index contributed by atoms with van der Waals surface area (Å²) in [5.74, 6) is 0.735. The topological polar surface area (TPSA) is 32.3 Å².